The van der Waals surface area contributed by atoms with E-state index < -0.39 is 6.93 Å². The quantitative estimate of drug-likeness (QED) is 0.593. The van der Waals surface area contributed by atoms with E-state index in [1.807, 2.05) is 27.7 Å². The highest BCUT2D eigenvalue weighted by Gasteiger charge is 2.23. The second kappa shape index (κ2) is 14.8. The molecular formula is C13H31F2N. The summed E-state index contributed by atoms with van der Waals surface area (Å²) in [6.45, 7) is 13.5. The van der Waals surface area contributed by atoms with E-state index in [1.54, 1.807) is 0 Å². The number of hydrogen-bond donors (Lipinski definition) is 0. The molecule has 1 fully saturated rings. The van der Waals surface area contributed by atoms with Crippen LogP contribution in [0.3, 0.4) is 0 Å². The predicted molar refractivity (Wildman–Crippen MR) is 70.3 cm³/mol. The molecule has 102 valence electrons. The van der Waals surface area contributed by atoms with Crippen molar-refractivity contribution < 1.29 is 8.78 Å². The average Bonchev–Trinajstić information content (AvgIpc) is 2.23. The van der Waals surface area contributed by atoms with Gasteiger partial charge in [-0.3, -0.25) is 0 Å². The van der Waals surface area contributed by atoms with Crippen LogP contribution in [0.4, 0.5) is 8.78 Å². The average molecular weight is 239 g/mol. The Balaban J connectivity index is -0.000000206. The highest BCUT2D eigenvalue weighted by molar-refractivity contribution is 4.77. The first kappa shape index (κ1) is 21.1. The van der Waals surface area contributed by atoms with Crippen molar-refractivity contribution in [2.45, 2.75) is 54.4 Å². The van der Waals surface area contributed by atoms with Crippen LogP contribution in [0.25, 0.3) is 0 Å². The van der Waals surface area contributed by atoms with Gasteiger partial charge in [0.15, 0.2) is 0 Å². The number of piperidine rings is 1. The first-order chi connectivity index (χ1) is 7.52. The molecule has 1 heterocycles. The Kier molecular flexibility index (Phi) is 19.6. The predicted octanol–water partition coefficient (Wildman–Crippen LogP) is 4.67. The number of nitrogens with zero attached hydrogens (tertiary/aromatic N) is 1. The SMILES string of the molecule is CC.CC.CN1CCCC(C)(C)C1.FCF. The fourth-order valence-corrected chi connectivity index (χ4v) is 1.72. The fourth-order valence-electron chi connectivity index (χ4n) is 1.72. The van der Waals surface area contributed by atoms with E-state index in [4.69, 9.17) is 0 Å². The Morgan fingerprint density at radius 2 is 1.44 bits per heavy atom. The lowest BCUT2D eigenvalue weighted by molar-refractivity contribution is 0.143. The summed E-state index contributed by atoms with van der Waals surface area (Å²) in [5.74, 6) is 0. The maximum absolute atomic E-state index is 9.62. The maximum Gasteiger partial charge on any atom is 0.229 e. The molecule has 1 aliphatic heterocycles. The van der Waals surface area contributed by atoms with E-state index in [0.29, 0.717) is 5.41 Å². The van der Waals surface area contributed by atoms with Crippen LogP contribution in [-0.4, -0.2) is 32.0 Å². The van der Waals surface area contributed by atoms with Crippen molar-refractivity contribution in [3.05, 3.63) is 0 Å². The van der Waals surface area contributed by atoms with E-state index in [9.17, 15) is 8.78 Å². The first-order valence-corrected chi connectivity index (χ1v) is 6.32. The van der Waals surface area contributed by atoms with Gasteiger partial charge in [0.1, 0.15) is 0 Å². The molecule has 0 aromatic carbocycles. The Bertz CT molecular complexity index is 117. The molecule has 0 amide bonds. The number of halogens is 2. The second-order valence-corrected chi connectivity index (χ2v) is 4.11. The van der Waals surface area contributed by atoms with Gasteiger partial charge in [-0.15, -0.1) is 0 Å². The maximum atomic E-state index is 9.62. The molecule has 1 nitrogen and oxygen atoms in total. The third-order valence-corrected chi connectivity index (χ3v) is 2.09. The van der Waals surface area contributed by atoms with Crippen LogP contribution in [0.5, 0.6) is 0 Å². The summed E-state index contributed by atoms with van der Waals surface area (Å²) >= 11 is 0. The van der Waals surface area contributed by atoms with Crippen molar-refractivity contribution in [1.29, 1.82) is 0 Å². The van der Waals surface area contributed by atoms with Crippen molar-refractivity contribution in [3.63, 3.8) is 0 Å². The topological polar surface area (TPSA) is 3.24 Å². The van der Waals surface area contributed by atoms with Gasteiger partial charge < -0.3 is 4.90 Å². The normalized spacial score (nSPS) is 17.8. The standard InChI is InChI=1S/C8H17N.2C2H6.CH2F2/c1-8(2)5-4-6-9(3)7-8;2*1-2;2-1-3/h4-7H2,1-3H3;2*1-2H3;1H2. The molecule has 0 aromatic heterocycles. The number of rotatable bonds is 0. The molecule has 16 heavy (non-hydrogen) atoms. The molecular weight excluding hydrogens is 208 g/mol. The van der Waals surface area contributed by atoms with Crippen LogP contribution in [0.15, 0.2) is 0 Å². The van der Waals surface area contributed by atoms with Crippen molar-refractivity contribution in [2.75, 3.05) is 27.1 Å². The summed E-state index contributed by atoms with van der Waals surface area (Å²) in [4.78, 5) is 2.42. The van der Waals surface area contributed by atoms with Crippen molar-refractivity contribution in [2.24, 2.45) is 5.41 Å². The van der Waals surface area contributed by atoms with Gasteiger partial charge >= 0.3 is 0 Å². The minimum Gasteiger partial charge on any atom is -0.306 e. The zero-order valence-corrected chi connectivity index (χ0v) is 12.2. The molecule has 0 saturated carbocycles. The van der Waals surface area contributed by atoms with E-state index >= 15 is 0 Å². The zero-order valence-electron chi connectivity index (χ0n) is 12.2. The Labute approximate surface area is 101 Å². The third kappa shape index (κ3) is 16.3. The molecule has 0 atom stereocenters. The largest absolute Gasteiger partial charge is 0.306 e. The molecule has 0 unspecified atom stereocenters. The van der Waals surface area contributed by atoms with Gasteiger partial charge in [-0.1, -0.05) is 41.5 Å². The molecule has 0 spiro atoms. The van der Waals surface area contributed by atoms with E-state index in [-0.39, 0.29) is 0 Å². The molecule has 0 aromatic rings. The smallest absolute Gasteiger partial charge is 0.229 e. The van der Waals surface area contributed by atoms with Gasteiger partial charge in [-0.2, -0.15) is 0 Å². The lowest BCUT2D eigenvalue weighted by Gasteiger charge is -2.35. The Hall–Kier alpha value is -0.180. The summed E-state index contributed by atoms with van der Waals surface area (Å²) in [6, 6.07) is 0. The Morgan fingerprint density at radius 3 is 1.62 bits per heavy atom. The lowest BCUT2D eigenvalue weighted by Crippen LogP contribution is -2.37. The summed E-state index contributed by atoms with van der Waals surface area (Å²) < 4.78 is 19.2. The van der Waals surface area contributed by atoms with Crippen molar-refractivity contribution >= 4 is 0 Å². The monoisotopic (exact) mass is 239 g/mol. The molecule has 3 heteroatoms. The number of alkyl halides is 2. The van der Waals surface area contributed by atoms with Gasteiger partial charge in [-0.25, -0.2) is 8.78 Å². The van der Waals surface area contributed by atoms with Crippen molar-refractivity contribution in [1.82, 2.24) is 4.90 Å². The van der Waals surface area contributed by atoms with Crippen molar-refractivity contribution in [3.8, 4) is 0 Å². The highest BCUT2D eigenvalue weighted by atomic mass is 19.3. The molecule has 0 N–H and O–H groups in total. The van der Waals surface area contributed by atoms with Gasteiger partial charge in [0, 0.05) is 6.54 Å². The molecule has 0 bridgehead atoms. The second-order valence-electron chi connectivity index (χ2n) is 4.11. The van der Waals surface area contributed by atoms with Crippen LogP contribution in [-0.2, 0) is 0 Å². The fraction of sp³-hybridized carbons (Fsp3) is 1.00. The highest BCUT2D eigenvalue weighted by Crippen LogP contribution is 2.26. The van der Waals surface area contributed by atoms with E-state index in [2.05, 4.69) is 25.8 Å². The number of hydrogen-bond acceptors (Lipinski definition) is 1. The van der Waals surface area contributed by atoms with Gasteiger partial charge in [0.2, 0.25) is 6.93 Å². The Morgan fingerprint density at radius 1 is 1.06 bits per heavy atom. The molecule has 0 aliphatic carbocycles. The molecule has 0 radical (unpaired) electrons. The first-order valence-electron chi connectivity index (χ1n) is 6.32. The molecule has 1 saturated heterocycles. The summed E-state index contributed by atoms with van der Waals surface area (Å²) in [6.07, 6.45) is 2.78. The van der Waals surface area contributed by atoms with Crippen LogP contribution in [0.1, 0.15) is 54.4 Å². The van der Waals surface area contributed by atoms with Crippen LogP contribution >= 0.6 is 0 Å². The van der Waals surface area contributed by atoms with E-state index in [0.717, 1.165) is 0 Å². The van der Waals surface area contributed by atoms with Gasteiger partial charge in [0.25, 0.3) is 0 Å². The minimum absolute atomic E-state index is 0.576. The zero-order chi connectivity index (χ0) is 13.6. The lowest BCUT2D eigenvalue weighted by atomic mass is 9.84. The van der Waals surface area contributed by atoms with Crippen LogP contribution < -0.4 is 0 Å². The number of likely N-dealkylation sites (tertiary alicyclic amines) is 1. The van der Waals surface area contributed by atoms with Crippen LogP contribution in [0.2, 0.25) is 0 Å². The van der Waals surface area contributed by atoms with Gasteiger partial charge in [-0.05, 0) is 31.8 Å². The summed E-state index contributed by atoms with van der Waals surface area (Å²) in [5, 5.41) is 0. The van der Waals surface area contributed by atoms with E-state index in [1.165, 1.54) is 25.9 Å². The summed E-state index contributed by atoms with van der Waals surface area (Å²) in [7, 11) is 2.21. The molecule has 1 aliphatic rings. The minimum atomic E-state index is -1.75. The third-order valence-electron chi connectivity index (χ3n) is 2.09. The van der Waals surface area contributed by atoms with Crippen LogP contribution in [0, 0.1) is 5.41 Å². The van der Waals surface area contributed by atoms with Gasteiger partial charge in [0.05, 0.1) is 0 Å². The molecule has 1 rings (SSSR count). The summed E-state index contributed by atoms with van der Waals surface area (Å²) in [5.41, 5.74) is 0.576.